The normalized spacial score (nSPS) is 10.5. The quantitative estimate of drug-likeness (QED) is 0.755. The maximum Gasteiger partial charge on any atom is 0.0642 e. The van der Waals surface area contributed by atoms with Gasteiger partial charge in [0.2, 0.25) is 0 Å². The van der Waals surface area contributed by atoms with Gasteiger partial charge in [-0.25, -0.2) is 0 Å². The van der Waals surface area contributed by atoms with Gasteiger partial charge in [0.15, 0.2) is 0 Å². The molecule has 1 heterocycles. The van der Waals surface area contributed by atoms with E-state index in [2.05, 4.69) is 38.9 Å². The van der Waals surface area contributed by atoms with Crippen LogP contribution in [-0.2, 0) is 11.8 Å². The minimum absolute atomic E-state index is 0.800. The smallest absolute Gasteiger partial charge is 0.0642 e. The van der Waals surface area contributed by atoms with Crippen LogP contribution in [0.15, 0.2) is 42.7 Å². The highest BCUT2D eigenvalue weighted by molar-refractivity contribution is 9.08. The monoisotopic (exact) mass is 338 g/mol. The van der Waals surface area contributed by atoms with Crippen LogP contribution in [-0.4, -0.2) is 18.6 Å². The number of pyridine rings is 1. The second-order valence-corrected chi connectivity index (χ2v) is 5.38. The first kappa shape index (κ1) is 14.4. The third-order valence-electron chi connectivity index (χ3n) is 3.08. The summed E-state index contributed by atoms with van der Waals surface area (Å²) in [7, 11) is 2.08. The lowest BCUT2D eigenvalue weighted by molar-refractivity contribution is 0.871. The Balaban J connectivity index is 2.10. The lowest BCUT2D eigenvalue weighted by Gasteiger charge is -2.23. The molecule has 2 nitrogen and oxygen atoms in total. The van der Waals surface area contributed by atoms with E-state index in [1.165, 1.54) is 11.1 Å². The number of benzene rings is 1. The van der Waals surface area contributed by atoms with Gasteiger partial charge in [0, 0.05) is 31.3 Å². The second-order valence-electron chi connectivity index (χ2n) is 4.41. The Kier molecular flexibility index (Phi) is 5.23. The van der Waals surface area contributed by atoms with Crippen molar-refractivity contribution in [1.82, 2.24) is 4.98 Å². The second kappa shape index (κ2) is 6.92. The molecule has 0 aliphatic carbocycles. The molecule has 1 aromatic carbocycles. The van der Waals surface area contributed by atoms with Crippen molar-refractivity contribution in [2.45, 2.75) is 11.8 Å². The fourth-order valence-electron chi connectivity index (χ4n) is 2.05. The van der Waals surface area contributed by atoms with E-state index in [-0.39, 0.29) is 0 Å². The summed E-state index contributed by atoms with van der Waals surface area (Å²) in [5.41, 5.74) is 3.61. The first-order valence-electron chi connectivity index (χ1n) is 6.15. The van der Waals surface area contributed by atoms with E-state index in [9.17, 15) is 0 Å². The molecule has 0 fully saturated rings. The van der Waals surface area contributed by atoms with Crippen molar-refractivity contribution in [3.63, 3.8) is 0 Å². The highest BCUT2D eigenvalue weighted by Crippen LogP contribution is 2.30. The van der Waals surface area contributed by atoms with Crippen LogP contribution in [0.25, 0.3) is 0 Å². The van der Waals surface area contributed by atoms with Gasteiger partial charge in [0.1, 0.15) is 0 Å². The van der Waals surface area contributed by atoms with Crippen LogP contribution in [0.5, 0.6) is 0 Å². The predicted molar refractivity (Wildman–Crippen MR) is 85.3 cm³/mol. The van der Waals surface area contributed by atoms with Crippen LogP contribution in [0, 0.1) is 0 Å². The van der Waals surface area contributed by atoms with Crippen LogP contribution in [0.1, 0.15) is 11.1 Å². The minimum atomic E-state index is 0.800. The average Bonchev–Trinajstić information content (AvgIpc) is 2.45. The zero-order valence-corrected chi connectivity index (χ0v) is 13.2. The number of hydrogen-bond donors (Lipinski definition) is 0. The molecular formula is C15H16BrClN2. The summed E-state index contributed by atoms with van der Waals surface area (Å²) in [5.74, 6) is 0. The van der Waals surface area contributed by atoms with Crippen molar-refractivity contribution in [1.29, 1.82) is 0 Å². The van der Waals surface area contributed by atoms with Crippen molar-refractivity contribution in [3.8, 4) is 0 Å². The van der Waals surface area contributed by atoms with Gasteiger partial charge in [0.05, 0.1) is 10.7 Å². The molecule has 2 aromatic rings. The van der Waals surface area contributed by atoms with E-state index >= 15 is 0 Å². The number of halogens is 2. The molecule has 0 N–H and O–H groups in total. The van der Waals surface area contributed by atoms with E-state index in [0.29, 0.717) is 0 Å². The van der Waals surface area contributed by atoms with Gasteiger partial charge < -0.3 is 4.90 Å². The van der Waals surface area contributed by atoms with E-state index in [0.717, 1.165) is 29.0 Å². The zero-order valence-electron chi connectivity index (χ0n) is 10.8. The number of rotatable bonds is 5. The van der Waals surface area contributed by atoms with Gasteiger partial charge in [-0.15, -0.1) is 0 Å². The predicted octanol–water partition coefficient (Wildman–Crippen LogP) is 4.31. The summed E-state index contributed by atoms with van der Waals surface area (Å²) in [6.45, 7) is 0.924. The molecule has 4 heteroatoms. The standard InChI is InChI=1S/C15H16BrClN2/c1-19(10-7-12-5-8-18-9-6-12)15-13(11-16)3-2-4-14(15)17/h2-6,8-9H,7,10-11H2,1H3. The van der Waals surface area contributed by atoms with Crippen LogP contribution in [0.2, 0.25) is 5.02 Å². The Morgan fingerprint density at radius 3 is 2.63 bits per heavy atom. The fourth-order valence-corrected chi connectivity index (χ4v) is 2.84. The molecule has 0 aliphatic rings. The minimum Gasteiger partial charge on any atom is -0.373 e. The zero-order chi connectivity index (χ0) is 13.7. The summed E-state index contributed by atoms with van der Waals surface area (Å²) in [6, 6.07) is 10.1. The molecule has 100 valence electrons. The summed E-state index contributed by atoms with van der Waals surface area (Å²) in [6.07, 6.45) is 4.63. The van der Waals surface area contributed by atoms with E-state index in [1.807, 2.05) is 36.7 Å². The molecule has 0 atom stereocenters. The van der Waals surface area contributed by atoms with Crippen LogP contribution in [0.3, 0.4) is 0 Å². The molecule has 1 aromatic heterocycles. The number of hydrogen-bond acceptors (Lipinski definition) is 2. The van der Waals surface area contributed by atoms with Gasteiger partial charge in [0.25, 0.3) is 0 Å². The SMILES string of the molecule is CN(CCc1ccncc1)c1c(Cl)cccc1CBr. The molecule has 0 amide bonds. The van der Waals surface area contributed by atoms with Gasteiger partial charge in [-0.1, -0.05) is 39.7 Å². The molecule has 0 saturated carbocycles. The molecule has 2 rings (SSSR count). The Morgan fingerprint density at radius 2 is 1.95 bits per heavy atom. The summed E-state index contributed by atoms with van der Waals surface area (Å²) in [4.78, 5) is 6.24. The number of alkyl halides is 1. The lowest BCUT2D eigenvalue weighted by Crippen LogP contribution is -2.21. The van der Waals surface area contributed by atoms with Crippen LogP contribution >= 0.6 is 27.5 Å². The van der Waals surface area contributed by atoms with E-state index in [1.54, 1.807) is 0 Å². The Bertz CT molecular complexity index is 531. The van der Waals surface area contributed by atoms with Crippen molar-refractivity contribution < 1.29 is 0 Å². The number of nitrogens with zero attached hydrogens (tertiary/aromatic N) is 2. The molecular weight excluding hydrogens is 324 g/mol. The molecule has 0 spiro atoms. The van der Waals surface area contributed by atoms with Crippen molar-refractivity contribution in [2.75, 3.05) is 18.5 Å². The molecule has 0 saturated heterocycles. The Morgan fingerprint density at radius 1 is 1.21 bits per heavy atom. The van der Waals surface area contributed by atoms with Crippen LogP contribution < -0.4 is 4.90 Å². The number of aromatic nitrogens is 1. The first-order chi connectivity index (χ1) is 9.22. The molecule has 0 radical (unpaired) electrons. The maximum absolute atomic E-state index is 6.31. The Labute approximate surface area is 127 Å². The number of para-hydroxylation sites is 1. The number of anilines is 1. The maximum atomic E-state index is 6.31. The lowest BCUT2D eigenvalue weighted by atomic mass is 10.1. The fraction of sp³-hybridized carbons (Fsp3) is 0.267. The first-order valence-corrected chi connectivity index (χ1v) is 7.65. The van der Waals surface area contributed by atoms with Crippen molar-refractivity contribution >= 4 is 33.2 Å². The molecule has 0 aliphatic heterocycles. The molecule has 19 heavy (non-hydrogen) atoms. The highest BCUT2D eigenvalue weighted by atomic mass is 79.9. The molecule has 0 unspecified atom stereocenters. The van der Waals surface area contributed by atoms with E-state index in [4.69, 9.17) is 11.6 Å². The third kappa shape index (κ3) is 3.71. The summed E-state index contributed by atoms with van der Waals surface area (Å²) in [5, 5.41) is 1.61. The third-order valence-corrected chi connectivity index (χ3v) is 3.99. The van der Waals surface area contributed by atoms with Gasteiger partial charge >= 0.3 is 0 Å². The van der Waals surface area contributed by atoms with Gasteiger partial charge in [-0.2, -0.15) is 0 Å². The topological polar surface area (TPSA) is 16.1 Å². The summed E-state index contributed by atoms with van der Waals surface area (Å²) < 4.78 is 0. The van der Waals surface area contributed by atoms with Crippen molar-refractivity contribution in [2.24, 2.45) is 0 Å². The van der Waals surface area contributed by atoms with Crippen LogP contribution in [0.4, 0.5) is 5.69 Å². The average molecular weight is 340 g/mol. The number of likely N-dealkylation sites (N-methyl/N-ethyl adjacent to an activating group) is 1. The van der Waals surface area contributed by atoms with E-state index < -0.39 is 0 Å². The largest absolute Gasteiger partial charge is 0.373 e. The van der Waals surface area contributed by atoms with Gasteiger partial charge in [-0.3, -0.25) is 4.98 Å². The Hall–Kier alpha value is -1.06. The van der Waals surface area contributed by atoms with Crippen molar-refractivity contribution in [3.05, 3.63) is 58.9 Å². The summed E-state index contributed by atoms with van der Waals surface area (Å²) >= 11 is 9.83. The highest BCUT2D eigenvalue weighted by Gasteiger charge is 2.10. The van der Waals surface area contributed by atoms with Gasteiger partial charge in [-0.05, 0) is 35.7 Å². The molecule has 0 bridgehead atoms.